The first kappa shape index (κ1) is 10.4. The Kier molecular flexibility index (Phi) is 4.26. The molecule has 0 spiro atoms. The largest absolute Gasteiger partial charge is 0.377 e. The van der Waals surface area contributed by atoms with E-state index in [0.717, 1.165) is 19.1 Å². The van der Waals surface area contributed by atoms with E-state index in [2.05, 4.69) is 5.32 Å². The van der Waals surface area contributed by atoms with Gasteiger partial charge in [-0.3, -0.25) is 0 Å². The lowest BCUT2D eigenvalue weighted by atomic mass is 9.85. The van der Waals surface area contributed by atoms with Crippen LogP contribution in [0.3, 0.4) is 0 Å². The number of rotatable bonds is 6. The lowest BCUT2D eigenvalue weighted by Gasteiger charge is -2.25. The van der Waals surface area contributed by atoms with Crippen molar-refractivity contribution in [1.29, 1.82) is 0 Å². The fourth-order valence-electron chi connectivity index (χ4n) is 2.36. The van der Waals surface area contributed by atoms with Crippen LogP contribution in [-0.4, -0.2) is 25.8 Å². The average molecular weight is 197 g/mol. The Bertz CT molecular complexity index is 150. The van der Waals surface area contributed by atoms with Crippen molar-refractivity contribution in [3.63, 3.8) is 0 Å². The van der Waals surface area contributed by atoms with Gasteiger partial charge in [0.15, 0.2) is 0 Å². The molecule has 2 aliphatic rings. The Labute approximate surface area is 87.4 Å². The van der Waals surface area contributed by atoms with Crippen LogP contribution in [-0.2, 0) is 4.74 Å². The first-order valence-corrected chi connectivity index (χ1v) is 6.27. The van der Waals surface area contributed by atoms with Gasteiger partial charge >= 0.3 is 0 Å². The van der Waals surface area contributed by atoms with E-state index < -0.39 is 0 Å². The lowest BCUT2D eigenvalue weighted by Crippen LogP contribution is -2.30. The van der Waals surface area contributed by atoms with Gasteiger partial charge in [0.2, 0.25) is 0 Å². The normalized spacial score (nSPS) is 24.0. The van der Waals surface area contributed by atoms with Crippen LogP contribution in [0.4, 0.5) is 0 Å². The summed E-state index contributed by atoms with van der Waals surface area (Å²) in [6.07, 6.45) is 10.3. The van der Waals surface area contributed by atoms with Gasteiger partial charge in [-0.25, -0.2) is 0 Å². The zero-order chi connectivity index (χ0) is 9.64. The summed E-state index contributed by atoms with van der Waals surface area (Å²) in [6.45, 7) is 3.18. The molecule has 82 valence electrons. The highest BCUT2D eigenvalue weighted by atomic mass is 16.5. The van der Waals surface area contributed by atoms with E-state index in [1.54, 1.807) is 0 Å². The molecule has 2 nitrogen and oxygen atoms in total. The molecule has 0 amide bonds. The molecule has 2 rings (SSSR count). The molecule has 1 N–H and O–H groups in total. The molecule has 0 aliphatic heterocycles. The second kappa shape index (κ2) is 5.72. The number of hydrogen-bond acceptors (Lipinski definition) is 2. The summed E-state index contributed by atoms with van der Waals surface area (Å²) in [4.78, 5) is 0. The molecule has 2 heteroatoms. The molecule has 0 unspecified atom stereocenters. The SMILES string of the molecule is C1CC(CNCCOC2CCCC2)C1. The first-order chi connectivity index (χ1) is 6.95. The quantitative estimate of drug-likeness (QED) is 0.660. The zero-order valence-electron chi connectivity index (χ0n) is 9.13. The van der Waals surface area contributed by atoms with E-state index in [1.165, 1.54) is 51.5 Å². The monoisotopic (exact) mass is 197 g/mol. The van der Waals surface area contributed by atoms with Crippen LogP contribution in [0.5, 0.6) is 0 Å². The zero-order valence-corrected chi connectivity index (χ0v) is 9.13. The minimum atomic E-state index is 0.584. The van der Waals surface area contributed by atoms with Crippen LogP contribution >= 0.6 is 0 Å². The van der Waals surface area contributed by atoms with Crippen LogP contribution < -0.4 is 5.32 Å². The van der Waals surface area contributed by atoms with Crippen molar-refractivity contribution < 1.29 is 4.74 Å². The summed E-state index contributed by atoms with van der Waals surface area (Å²) < 4.78 is 5.77. The maximum Gasteiger partial charge on any atom is 0.0594 e. The summed E-state index contributed by atoms with van der Waals surface area (Å²) >= 11 is 0. The Balaban J connectivity index is 1.39. The van der Waals surface area contributed by atoms with Crippen LogP contribution in [0.15, 0.2) is 0 Å². The standard InChI is InChI=1S/C12H23NO/c1-2-7-12(6-1)14-9-8-13-10-11-4-3-5-11/h11-13H,1-10H2. The molecular formula is C12H23NO. The number of nitrogens with one attached hydrogen (secondary N) is 1. The van der Waals surface area contributed by atoms with E-state index in [0.29, 0.717) is 6.10 Å². The van der Waals surface area contributed by atoms with Gasteiger partial charge in [-0.05, 0) is 38.1 Å². The molecule has 2 aliphatic carbocycles. The second-order valence-electron chi connectivity index (χ2n) is 4.78. The van der Waals surface area contributed by atoms with Crippen molar-refractivity contribution in [2.75, 3.05) is 19.7 Å². The summed E-state index contributed by atoms with van der Waals surface area (Å²) in [5, 5.41) is 3.49. The van der Waals surface area contributed by atoms with Crippen molar-refractivity contribution in [3.8, 4) is 0 Å². The summed E-state index contributed by atoms with van der Waals surface area (Å²) in [5.74, 6) is 0.974. The van der Waals surface area contributed by atoms with Gasteiger partial charge in [-0.1, -0.05) is 19.3 Å². The van der Waals surface area contributed by atoms with E-state index in [9.17, 15) is 0 Å². The highest BCUT2D eigenvalue weighted by Crippen LogP contribution is 2.25. The smallest absolute Gasteiger partial charge is 0.0594 e. The highest BCUT2D eigenvalue weighted by molar-refractivity contribution is 4.71. The number of hydrogen-bond donors (Lipinski definition) is 1. The Morgan fingerprint density at radius 2 is 1.79 bits per heavy atom. The van der Waals surface area contributed by atoms with Gasteiger partial charge in [0, 0.05) is 6.54 Å². The molecule has 14 heavy (non-hydrogen) atoms. The molecule has 0 radical (unpaired) electrons. The van der Waals surface area contributed by atoms with Crippen LogP contribution in [0, 0.1) is 5.92 Å². The number of ether oxygens (including phenoxy) is 1. The molecule has 0 bridgehead atoms. The van der Waals surface area contributed by atoms with Gasteiger partial charge in [-0.2, -0.15) is 0 Å². The topological polar surface area (TPSA) is 21.3 Å². The van der Waals surface area contributed by atoms with Crippen LogP contribution in [0.2, 0.25) is 0 Å². The van der Waals surface area contributed by atoms with E-state index in [1.807, 2.05) is 0 Å². The van der Waals surface area contributed by atoms with E-state index >= 15 is 0 Å². The molecule has 0 aromatic carbocycles. The third-order valence-electron chi connectivity index (χ3n) is 3.59. The average Bonchev–Trinajstić information content (AvgIpc) is 2.60. The van der Waals surface area contributed by atoms with E-state index in [4.69, 9.17) is 4.74 Å². The summed E-state index contributed by atoms with van der Waals surface area (Å²) in [5.41, 5.74) is 0. The van der Waals surface area contributed by atoms with Gasteiger partial charge < -0.3 is 10.1 Å². The minimum Gasteiger partial charge on any atom is -0.377 e. The highest BCUT2D eigenvalue weighted by Gasteiger charge is 2.17. The molecule has 0 aromatic rings. The second-order valence-corrected chi connectivity index (χ2v) is 4.78. The molecule has 2 saturated carbocycles. The fourth-order valence-corrected chi connectivity index (χ4v) is 2.36. The molecule has 2 fully saturated rings. The predicted molar refractivity (Wildman–Crippen MR) is 58.4 cm³/mol. The van der Waals surface area contributed by atoms with Crippen LogP contribution in [0.25, 0.3) is 0 Å². The summed E-state index contributed by atoms with van der Waals surface area (Å²) in [7, 11) is 0. The molecular weight excluding hydrogens is 174 g/mol. The predicted octanol–water partition coefficient (Wildman–Crippen LogP) is 2.34. The van der Waals surface area contributed by atoms with Crippen molar-refractivity contribution in [2.45, 2.75) is 51.0 Å². The molecule has 0 atom stereocenters. The first-order valence-electron chi connectivity index (χ1n) is 6.27. The third-order valence-corrected chi connectivity index (χ3v) is 3.59. The van der Waals surface area contributed by atoms with E-state index in [-0.39, 0.29) is 0 Å². The lowest BCUT2D eigenvalue weighted by molar-refractivity contribution is 0.0595. The van der Waals surface area contributed by atoms with Crippen molar-refractivity contribution in [1.82, 2.24) is 5.32 Å². The third kappa shape index (κ3) is 3.25. The van der Waals surface area contributed by atoms with Gasteiger partial charge in [0.25, 0.3) is 0 Å². The molecule has 0 heterocycles. The molecule has 0 saturated heterocycles. The molecule has 0 aromatic heterocycles. The maximum atomic E-state index is 5.77. The summed E-state index contributed by atoms with van der Waals surface area (Å²) in [6, 6.07) is 0. The van der Waals surface area contributed by atoms with Gasteiger partial charge in [0.1, 0.15) is 0 Å². The van der Waals surface area contributed by atoms with Crippen molar-refractivity contribution in [3.05, 3.63) is 0 Å². The maximum absolute atomic E-state index is 5.77. The van der Waals surface area contributed by atoms with Gasteiger partial charge in [0.05, 0.1) is 12.7 Å². The Morgan fingerprint density at radius 1 is 1.00 bits per heavy atom. The van der Waals surface area contributed by atoms with Crippen molar-refractivity contribution in [2.24, 2.45) is 5.92 Å². The van der Waals surface area contributed by atoms with Crippen LogP contribution in [0.1, 0.15) is 44.9 Å². The Hall–Kier alpha value is -0.0800. The van der Waals surface area contributed by atoms with Crippen molar-refractivity contribution >= 4 is 0 Å². The fraction of sp³-hybridized carbons (Fsp3) is 1.00. The minimum absolute atomic E-state index is 0.584. The Morgan fingerprint density at radius 3 is 2.43 bits per heavy atom. The van der Waals surface area contributed by atoms with Gasteiger partial charge in [-0.15, -0.1) is 0 Å².